The molecule has 1 amide bonds. The molecule has 0 saturated heterocycles. The number of methoxy groups -OCH3 is 1. The number of hydrogen-bond acceptors (Lipinski definition) is 6. The Hall–Kier alpha value is -3.30. The van der Waals surface area contributed by atoms with Crippen molar-refractivity contribution in [2.75, 3.05) is 17.1 Å². The van der Waals surface area contributed by atoms with Crippen LogP contribution in [0, 0.1) is 13.8 Å². The molecular weight excluding hydrogens is 454 g/mol. The minimum Gasteiger partial charge on any atom is -0.495 e. The molecule has 1 aromatic heterocycles. The first kappa shape index (κ1) is 23.4. The van der Waals surface area contributed by atoms with Crippen LogP contribution >= 0.6 is 11.6 Å². The number of carbonyl (C=O) groups excluding carboxylic acids is 1. The maximum Gasteiger partial charge on any atom is 0.265 e. The van der Waals surface area contributed by atoms with Gasteiger partial charge in [0.05, 0.1) is 17.8 Å². The largest absolute Gasteiger partial charge is 0.495 e. The molecular formula is C22H22ClN3O5S. The topological polar surface area (TPSA) is 111 Å². The number of aromatic nitrogens is 1. The first-order chi connectivity index (χ1) is 15.1. The van der Waals surface area contributed by atoms with Gasteiger partial charge in [-0.2, -0.15) is 0 Å². The van der Waals surface area contributed by atoms with Crippen molar-refractivity contribution >= 4 is 51.1 Å². The minimum atomic E-state index is -4.00. The summed E-state index contributed by atoms with van der Waals surface area (Å²) in [6.07, 6.45) is 3.23. The molecule has 0 aliphatic rings. The molecule has 0 aliphatic heterocycles. The van der Waals surface area contributed by atoms with Gasteiger partial charge < -0.3 is 14.6 Å². The summed E-state index contributed by atoms with van der Waals surface area (Å²) in [5.74, 6) is 0.249. The Morgan fingerprint density at radius 1 is 1.16 bits per heavy atom. The molecule has 3 rings (SSSR count). The third-order valence-corrected chi connectivity index (χ3v) is 6.16. The number of anilines is 2. The quantitative estimate of drug-likeness (QED) is 0.503. The van der Waals surface area contributed by atoms with Crippen molar-refractivity contribution < 1.29 is 22.5 Å². The average Bonchev–Trinajstić information content (AvgIpc) is 3.07. The molecule has 0 aliphatic carbocycles. The van der Waals surface area contributed by atoms with Gasteiger partial charge in [0.25, 0.3) is 10.0 Å². The molecule has 32 heavy (non-hydrogen) atoms. The summed E-state index contributed by atoms with van der Waals surface area (Å²) in [5, 5.41) is 6.80. The van der Waals surface area contributed by atoms with E-state index in [1.165, 1.54) is 20.1 Å². The Bertz CT molecular complexity index is 1300. The van der Waals surface area contributed by atoms with Crippen LogP contribution in [0.2, 0.25) is 5.02 Å². The highest BCUT2D eigenvalue weighted by molar-refractivity contribution is 7.92. The fraction of sp³-hybridized carbons (Fsp3) is 0.182. The predicted molar refractivity (Wildman–Crippen MR) is 124 cm³/mol. The van der Waals surface area contributed by atoms with Gasteiger partial charge in [0.2, 0.25) is 5.91 Å². The second-order valence-corrected chi connectivity index (χ2v) is 9.08. The Morgan fingerprint density at radius 3 is 2.56 bits per heavy atom. The van der Waals surface area contributed by atoms with E-state index < -0.39 is 10.0 Å². The van der Waals surface area contributed by atoms with Crippen LogP contribution in [0.5, 0.6) is 5.75 Å². The summed E-state index contributed by atoms with van der Waals surface area (Å²) >= 11 is 6.18. The van der Waals surface area contributed by atoms with E-state index in [-0.39, 0.29) is 27.3 Å². The molecule has 0 bridgehead atoms. The molecule has 8 nitrogen and oxygen atoms in total. The predicted octanol–water partition coefficient (Wildman–Crippen LogP) is 4.88. The lowest BCUT2D eigenvalue weighted by Gasteiger charge is -2.13. The van der Waals surface area contributed by atoms with E-state index in [1.807, 2.05) is 6.92 Å². The maximum absolute atomic E-state index is 13.1. The number of carbonyl (C=O) groups is 1. The number of amides is 1. The average molecular weight is 476 g/mol. The van der Waals surface area contributed by atoms with Gasteiger partial charge in [-0.3, -0.25) is 9.52 Å². The van der Waals surface area contributed by atoms with Gasteiger partial charge in [0.15, 0.2) is 5.76 Å². The Labute approximate surface area is 191 Å². The van der Waals surface area contributed by atoms with Crippen molar-refractivity contribution in [1.82, 2.24) is 5.16 Å². The number of sulfonamides is 1. The fourth-order valence-corrected chi connectivity index (χ4v) is 4.53. The van der Waals surface area contributed by atoms with Crippen LogP contribution in [0.1, 0.15) is 29.5 Å². The zero-order valence-corrected chi connectivity index (χ0v) is 19.5. The molecule has 10 heteroatoms. The standard InChI is InChI=1S/C22H22ClN3O5S/c1-13-5-8-18(17(23)11-13)26-32(28,29)21-12-16(6-9-19(21)30-4)7-10-20-22(24-15(3)27)14(2)25-31-20/h5-12,26H,1-4H3,(H,24,27)/b10-7-. The van der Waals surface area contributed by atoms with Crippen molar-refractivity contribution in [3.63, 3.8) is 0 Å². The number of hydrogen-bond donors (Lipinski definition) is 2. The molecule has 1 heterocycles. The molecule has 0 saturated carbocycles. The third-order valence-electron chi connectivity index (χ3n) is 4.46. The van der Waals surface area contributed by atoms with Crippen molar-refractivity contribution in [3.05, 3.63) is 64.0 Å². The normalized spacial score (nSPS) is 11.5. The number of halogens is 1. The first-order valence-corrected chi connectivity index (χ1v) is 11.4. The Kier molecular flexibility index (Phi) is 6.90. The van der Waals surface area contributed by atoms with Crippen LogP contribution in [0.3, 0.4) is 0 Å². The van der Waals surface area contributed by atoms with Crippen molar-refractivity contribution in [1.29, 1.82) is 0 Å². The Balaban J connectivity index is 1.95. The molecule has 0 unspecified atom stereocenters. The lowest BCUT2D eigenvalue weighted by atomic mass is 10.2. The lowest BCUT2D eigenvalue weighted by Crippen LogP contribution is -2.14. The van der Waals surface area contributed by atoms with Crippen LogP contribution in [-0.2, 0) is 14.8 Å². The third kappa shape index (κ3) is 5.30. The Morgan fingerprint density at radius 2 is 1.91 bits per heavy atom. The highest BCUT2D eigenvalue weighted by Gasteiger charge is 2.21. The summed E-state index contributed by atoms with van der Waals surface area (Å²) in [6, 6.07) is 9.72. The van der Waals surface area contributed by atoms with E-state index >= 15 is 0 Å². The zero-order valence-electron chi connectivity index (χ0n) is 17.9. The molecule has 0 radical (unpaired) electrons. The van der Waals surface area contributed by atoms with Crippen LogP contribution in [0.4, 0.5) is 11.4 Å². The van der Waals surface area contributed by atoms with Crippen LogP contribution in [0.25, 0.3) is 12.2 Å². The van der Waals surface area contributed by atoms with Gasteiger partial charge in [-0.15, -0.1) is 0 Å². The van der Waals surface area contributed by atoms with Crippen LogP contribution in [0.15, 0.2) is 45.8 Å². The molecule has 3 aromatic rings. The lowest BCUT2D eigenvalue weighted by molar-refractivity contribution is -0.114. The number of nitrogens with zero attached hydrogens (tertiary/aromatic N) is 1. The van der Waals surface area contributed by atoms with Crippen LogP contribution in [-0.4, -0.2) is 26.6 Å². The fourth-order valence-electron chi connectivity index (χ4n) is 2.91. The van der Waals surface area contributed by atoms with Crippen LogP contribution < -0.4 is 14.8 Å². The number of rotatable bonds is 7. The highest BCUT2D eigenvalue weighted by Crippen LogP contribution is 2.31. The molecule has 0 fully saturated rings. The molecule has 0 atom stereocenters. The second-order valence-electron chi connectivity index (χ2n) is 7.02. The minimum absolute atomic E-state index is 0.0605. The number of ether oxygens (including phenoxy) is 1. The van der Waals surface area contributed by atoms with Gasteiger partial charge in [0, 0.05) is 6.92 Å². The van der Waals surface area contributed by atoms with Gasteiger partial charge in [-0.25, -0.2) is 8.42 Å². The second kappa shape index (κ2) is 9.46. The number of benzene rings is 2. The van der Waals surface area contributed by atoms with E-state index in [0.717, 1.165) is 5.56 Å². The molecule has 168 valence electrons. The van der Waals surface area contributed by atoms with Gasteiger partial charge in [0.1, 0.15) is 22.0 Å². The van der Waals surface area contributed by atoms with E-state index in [1.54, 1.807) is 49.4 Å². The first-order valence-electron chi connectivity index (χ1n) is 9.49. The van der Waals surface area contributed by atoms with Crippen molar-refractivity contribution in [2.45, 2.75) is 25.7 Å². The summed E-state index contributed by atoms with van der Waals surface area (Å²) < 4.78 is 39.1. The van der Waals surface area contributed by atoms with Gasteiger partial charge in [-0.05, 0) is 55.3 Å². The van der Waals surface area contributed by atoms with Gasteiger partial charge >= 0.3 is 0 Å². The summed E-state index contributed by atoms with van der Waals surface area (Å²) in [6.45, 7) is 4.94. The monoisotopic (exact) mass is 475 g/mol. The number of nitrogens with one attached hydrogen (secondary N) is 2. The smallest absolute Gasteiger partial charge is 0.265 e. The maximum atomic E-state index is 13.1. The van der Waals surface area contributed by atoms with E-state index in [0.29, 0.717) is 22.7 Å². The van der Waals surface area contributed by atoms with Gasteiger partial charge in [-0.1, -0.05) is 35.0 Å². The molecule has 2 aromatic carbocycles. The molecule has 0 spiro atoms. The van der Waals surface area contributed by atoms with E-state index in [9.17, 15) is 13.2 Å². The molecule has 2 N–H and O–H groups in total. The van der Waals surface area contributed by atoms with E-state index in [2.05, 4.69) is 15.2 Å². The van der Waals surface area contributed by atoms with Crippen molar-refractivity contribution in [2.24, 2.45) is 0 Å². The number of aryl methyl sites for hydroxylation is 2. The zero-order chi connectivity index (χ0) is 23.5. The summed E-state index contributed by atoms with van der Waals surface area (Å²) in [7, 11) is -2.61. The van der Waals surface area contributed by atoms with E-state index in [4.69, 9.17) is 20.9 Å². The van der Waals surface area contributed by atoms with Crippen molar-refractivity contribution in [3.8, 4) is 5.75 Å². The highest BCUT2D eigenvalue weighted by atomic mass is 35.5. The SMILES string of the molecule is COc1ccc(/C=C\c2onc(C)c2NC(C)=O)cc1S(=O)(=O)Nc1ccc(C)cc1Cl. The summed E-state index contributed by atoms with van der Waals surface area (Å²) in [5.41, 5.74) is 2.70. The summed E-state index contributed by atoms with van der Waals surface area (Å²) in [4.78, 5) is 11.3.